The highest BCUT2D eigenvalue weighted by Gasteiger charge is 1.92. The first-order valence-electron chi connectivity index (χ1n) is 2.33. The number of aromatic nitrogens is 2. The van der Waals surface area contributed by atoms with Gasteiger partial charge in [-0.15, -0.1) is 16.9 Å². The summed E-state index contributed by atoms with van der Waals surface area (Å²) in [5.74, 6) is 1.01. The molecule has 0 spiro atoms. The molecule has 44 valence electrons. The zero-order valence-electron chi connectivity index (χ0n) is 4.50. The fourth-order valence-electron chi connectivity index (χ4n) is 0.367. The van der Waals surface area contributed by atoms with E-state index in [0.717, 1.165) is 10.8 Å². The van der Waals surface area contributed by atoms with Gasteiger partial charge < -0.3 is 4.52 Å². The monoisotopic (exact) mass is 130 g/mol. The largest absolute Gasteiger partial charge is 0.344 e. The van der Waals surface area contributed by atoms with E-state index in [1.165, 1.54) is 6.26 Å². The molecule has 8 heavy (non-hydrogen) atoms. The van der Waals surface area contributed by atoms with Crippen LogP contribution in [0.4, 0.5) is 0 Å². The van der Waals surface area contributed by atoms with Crippen LogP contribution in [0.1, 0.15) is 6.92 Å². The number of thioether (sulfide) groups is 1. The number of hydrogen-bond donors (Lipinski definition) is 0. The third kappa shape index (κ3) is 1.23. The van der Waals surface area contributed by atoms with Crippen LogP contribution in [-0.4, -0.2) is 16.1 Å². The van der Waals surface area contributed by atoms with Crippen LogP contribution in [-0.2, 0) is 0 Å². The molecular weight excluding hydrogens is 124 g/mol. The molecule has 1 heterocycles. The molecule has 4 heteroatoms. The van der Waals surface area contributed by atoms with Gasteiger partial charge in [-0.1, -0.05) is 6.92 Å². The lowest BCUT2D eigenvalue weighted by molar-refractivity contribution is 0.392. The topological polar surface area (TPSA) is 38.9 Å². The van der Waals surface area contributed by atoms with Crippen molar-refractivity contribution < 1.29 is 4.52 Å². The highest BCUT2D eigenvalue weighted by Crippen LogP contribution is 2.11. The molecule has 3 nitrogen and oxygen atoms in total. The van der Waals surface area contributed by atoms with Gasteiger partial charge in [0.1, 0.15) is 0 Å². The molecule has 0 saturated heterocycles. The van der Waals surface area contributed by atoms with Crippen molar-refractivity contribution in [3.05, 3.63) is 6.26 Å². The van der Waals surface area contributed by atoms with Crippen LogP contribution >= 0.6 is 11.8 Å². The minimum absolute atomic E-state index is 0.854. The second kappa shape index (κ2) is 2.71. The Kier molecular flexibility index (Phi) is 1.91. The Bertz CT molecular complexity index is 140. The number of nitrogens with zero attached hydrogens (tertiary/aromatic N) is 2. The third-order valence-corrected chi connectivity index (χ3v) is 1.39. The third-order valence-electron chi connectivity index (χ3n) is 0.632. The van der Waals surface area contributed by atoms with Gasteiger partial charge in [0, 0.05) is 5.27 Å². The predicted octanol–water partition coefficient (Wildman–Crippen LogP) is 1.18. The van der Waals surface area contributed by atoms with Crippen molar-refractivity contribution in [3.63, 3.8) is 0 Å². The molecule has 0 aliphatic heterocycles. The fourth-order valence-corrected chi connectivity index (χ4v) is 0.865. The van der Waals surface area contributed by atoms with Gasteiger partial charge in [-0.05, 0) is 5.75 Å². The molecule has 0 saturated carbocycles. The molecule has 0 amide bonds. The molecule has 1 aromatic rings. The van der Waals surface area contributed by atoms with E-state index in [1.54, 1.807) is 11.8 Å². The summed E-state index contributed by atoms with van der Waals surface area (Å²) in [5, 5.41) is 7.80. The average Bonchev–Trinajstić information content (AvgIpc) is 2.19. The molecule has 0 atom stereocenters. The molecule has 0 aliphatic carbocycles. The summed E-state index contributed by atoms with van der Waals surface area (Å²) in [7, 11) is 0. The quantitative estimate of drug-likeness (QED) is 0.563. The maximum atomic E-state index is 4.49. The van der Waals surface area contributed by atoms with E-state index in [9.17, 15) is 0 Å². The first kappa shape index (κ1) is 5.62. The highest BCUT2D eigenvalue weighted by molar-refractivity contribution is 7.99. The van der Waals surface area contributed by atoms with Crippen LogP contribution in [0, 0.1) is 0 Å². The standard InChI is InChI=1S/C4H6N2OS/c1-2-8-4-3-7-6-5-4/h3H,2H2,1H3. The summed E-state index contributed by atoms with van der Waals surface area (Å²) >= 11 is 1.61. The van der Waals surface area contributed by atoms with Crippen LogP contribution in [0.15, 0.2) is 15.8 Å². The summed E-state index contributed by atoms with van der Waals surface area (Å²) < 4.78 is 4.49. The van der Waals surface area contributed by atoms with Crippen molar-refractivity contribution in [1.82, 2.24) is 10.4 Å². The smallest absolute Gasteiger partial charge is 0.160 e. The van der Waals surface area contributed by atoms with Crippen LogP contribution in [0.25, 0.3) is 0 Å². The minimum Gasteiger partial charge on any atom is -0.344 e. The van der Waals surface area contributed by atoms with Gasteiger partial charge in [0.15, 0.2) is 11.3 Å². The Morgan fingerprint density at radius 1 is 1.88 bits per heavy atom. The van der Waals surface area contributed by atoms with Gasteiger partial charge in [0.05, 0.1) is 0 Å². The van der Waals surface area contributed by atoms with Gasteiger partial charge in [0.25, 0.3) is 0 Å². The van der Waals surface area contributed by atoms with Crippen LogP contribution in [0.2, 0.25) is 0 Å². The summed E-state index contributed by atoms with van der Waals surface area (Å²) in [6, 6.07) is 0. The van der Waals surface area contributed by atoms with E-state index in [0.29, 0.717) is 0 Å². The maximum absolute atomic E-state index is 4.49. The highest BCUT2D eigenvalue weighted by atomic mass is 32.2. The predicted molar refractivity (Wildman–Crippen MR) is 30.7 cm³/mol. The minimum atomic E-state index is 0.854. The zero-order valence-corrected chi connectivity index (χ0v) is 5.31. The molecule has 1 aromatic heterocycles. The molecule has 0 N–H and O–H groups in total. The van der Waals surface area contributed by atoms with Gasteiger partial charge in [-0.3, -0.25) is 0 Å². The second-order valence-electron chi connectivity index (χ2n) is 1.18. The first-order chi connectivity index (χ1) is 3.93. The number of rotatable bonds is 2. The molecule has 1 rings (SSSR count). The number of hydrogen-bond acceptors (Lipinski definition) is 4. The molecule has 0 bridgehead atoms. The van der Waals surface area contributed by atoms with Crippen molar-refractivity contribution in [2.45, 2.75) is 11.9 Å². The summed E-state index contributed by atoms with van der Waals surface area (Å²) in [6.45, 7) is 2.05. The molecular formula is C4H6N2OS. The lowest BCUT2D eigenvalue weighted by Crippen LogP contribution is -1.70. The lowest BCUT2D eigenvalue weighted by atomic mass is 11.0. The van der Waals surface area contributed by atoms with E-state index in [4.69, 9.17) is 0 Å². The fraction of sp³-hybridized carbons (Fsp3) is 0.500. The average molecular weight is 130 g/mol. The van der Waals surface area contributed by atoms with Gasteiger partial charge in [0.2, 0.25) is 0 Å². The van der Waals surface area contributed by atoms with Crippen LogP contribution in [0.3, 0.4) is 0 Å². The van der Waals surface area contributed by atoms with Crippen LogP contribution in [0.5, 0.6) is 0 Å². The Balaban J connectivity index is 2.50. The van der Waals surface area contributed by atoms with E-state index in [2.05, 4.69) is 21.8 Å². The Labute approximate surface area is 51.4 Å². The summed E-state index contributed by atoms with van der Waals surface area (Å²) in [5.41, 5.74) is 0. The maximum Gasteiger partial charge on any atom is 0.160 e. The molecule has 0 aromatic carbocycles. The van der Waals surface area contributed by atoms with Crippen molar-refractivity contribution in [2.75, 3.05) is 5.75 Å². The Hall–Kier alpha value is -0.510. The first-order valence-corrected chi connectivity index (χ1v) is 3.32. The van der Waals surface area contributed by atoms with E-state index < -0.39 is 0 Å². The van der Waals surface area contributed by atoms with Crippen molar-refractivity contribution in [2.24, 2.45) is 0 Å². The normalized spacial score (nSPS) is 9.62. The SMILES string of the molecule is CCSc1conn1. The van der Waals surface area contributed by atoms with Crippen molar-refractivity contribution in [1.29, 1.82) is 0 Å². The van der Waals surface area contributed by atoms with Gasteiger partial charge in [-0.25, -0.2) is 0 Å². The second-order valence-corrected chi connectivity index (χ2v) is 2.46. The Morgan fingerprint density at radius 2 is 2.75 bits per heavy atom. The Morgan fingerprint density at radius 3 is 3.25 bits per heavy atom. The molecule has 0 unspecified atom stereocenters. The van der Waals surface area contributed by atoms with E-state index >= 15 is 0 Å². The molecule has 0 fully saturated rings. The van der Waals surface area contributed by atoms with Gasteiger partial charge >= 0.3 is 0 Å². The summed E-state index contributed by atoms with van der Waals surface area (Å²) in [4.78, 5) is 0. The molecule has 0 aliphatic rings. The van der Waals surface area contributed by atoms with Crippen molar-refractivity contribution >= 4 is 11.8 Å². The van der Waals surface area contributed by atoms with Crippen molar-refractivity contribution in [3.8, 4) is 0 Å². The summed E-state index contributed by atoms with van der Waals surface area (Å²) in [6.07, 6.45) is 1.54. The lowest BCUT2D eigenvalue weighted by Gasteiger charge is -1.81. The van der Waals surface area contributed by atoms with Gasteiger partial charge in [-0.2, -0.15) is 0 Å². The van der Waals surface area contributed by atoms with Crippen LogP contribution < -0.4 is 0 Å². The van der Waals surface area contributed by atoms with E-state index in [1.807, 2.05) is 0 Å². The zero-order chi connectivity index (χ0) is 5.82. The van der Waals surface area contributed by atoms with E-state index in [-0.39, 0.29) is 0 Å². The molecule has 0 radical (unpaired) electrons.